The average Bonchev–Trinajstić information content (AvgIpc) is 2.12. The lowest BCUT2D eigenvalue weighted by Gasteiger charge is -2.24. The van der Waals surface area contributed by atoms with E-state index in [-0.39, 0.29) is 5.91 Å². The second kappa shape index (κ2) is 3.01. The summed E-state index contributed by atoms with van der Waals surface area (Å²) >= 11 is 5.90. The number of halogens is 1. The largest absolute Gasteiger partial charge is 0.277 e. The summed E-state index contributed by atoms with van der Waals surface area (Å²) in [4.78, 5) is 16.6. The Bertz CT molecular complexity index is 365. The van der Waals surface area contributed by atoms with Gasteiger partial charge in [-0.1, -0.05) is 17.7 Å². The van der Waals surface area contributed by atoms with Crippen LogP contribution in [0, 0.1) is 0 Å². The van der Waals surface area contributed by atoms with E-state index in [1.54, 1.807) is 25.2 Å². The van der Waals surface area contributed by atoms with Gasteiger partial charge >= 0.3 is 0 Å². The van der Waals surface area contributed by atoms with Crippen molar-refractivity contribution in [2.75, 3.05) is 7.05 Å². The number of nitrogens with zero attached hydrogens (tertiary/aromatic N) is 1. The SMILES string of the molecule is CN1OCc2c(Cl)cccc2C1=O. The van der Waals surface area contributed by atoms with Crippen molar-refractivity contribution < 1.29 is 9.63 Å². The lowest BCUT2D eigenvalue weighted by molar-refractivity contribution is -0.123. The van der Waals surface area contributed by atoms with Crippen LogP contribution in [-0.2, 0) is 11.4 Å². The minimum atomic E-state index is -0.149. The average molecular weight is 198 g/mol. The Labute approximate surface area is 80.8 Å². The fourth-order valence-electron chi connectivity index (χ4n) is 1.30. The molecule has 0 N–H and O–H groups in total. The molecule has 1 aliphatic heterocycles. The number of rotatable bonds is 0. The predicted molar refractivity (Wildman–Crippen MR) is 48.3 cm³/mol. The third-order valence-corrected chi connectivity index (χ3v) is 2.39. The zero-order valence-electron chi connectivity index (χ0n) is 7.08. The summed E-state index contributed by atoms with van der Waals surface area (Å²) in [6, 6.07) is 5.27. The highest BCUT2D eigenvalue weighted by Gasteiger charge is 2.23. The molecule has 1 aromatic rings. The van der Waals surface area contributed by atoms with E-state index in [1.165, 1.54) is 5.06 Å². The van der Waals surface area contributed by atoms with Gasteiger partial charge in [0.2, 0.25) is 0 Å². The van der Waals surface area contributed by atoms with Gasteiger partial charge in [0.05, 0.1) is 0 Å². The molecule has 1 heterocycles. The van der Waals surface area contributed by atoms with Gasteiger partial charge in [0.25, 0.3) is 5.91 Å². The highest BCUT2D eigenvalue weighted by Crippen LogP contribution is 2.25. The van der Waals surface area contributed by atoms with Gasteiger partial charge in [-0.3, -0.25) is 9.63 Å². The Morgan fingerprint density at radius 1 is 1.54 bits per heavy atom. The number of hydrogen-bond acceptors (Lipinski definition) is 2. The predicted octanol–water partition coefficient (Wildman–Crippen LogP) is 1.86. The highest BCUT2D eigenvalue weighted by molar-refractivity contribution is 6.31. The molecule has 0 saturated heterocycles. The first-order valence-electron chi connectivity index (χ1n) is 3.88. The molecule has 0 radical (unpaired) electrons. The summed E-state index contributed by atoms with van der Waals surface area (Å²) in [5.41, 5.74) is 1.40. The lowest BCUT2D eigenvalue weighted by atomic mass is 10.1. The topological polar surface area (TPSA) is 29.5 Å². The number of amides is 1. The van der Waals surface area contributed by atoms with E-state index in [0.29, 0.717) is 17.2 Å². The van der Waals surface area contributed by atoms with Gasteiger partial charge < -0.3 is 0 Å². The molecule has 0 aliphatic carbocycles. The molecule has 68 valence electrons. The zero-order chi connectivity index (χ0) is 9.42. The van der Waals surface area contributed by atoms with Gasteiger partial charge in [0, 0.05) is 23.2 Å². The molecule has 1 aromatic carbocycles. The monoisotopic (exact) mass is 197 g/mol. The number of carbonyl (C=O) groups is 1. The van der Waals surface area contributed by atoms with E-state index in [9.17, 15) is 4.79 Å². The molecule has 0 fully saturated rings. The fourth-order valence-corrected chi connectivity index (χ4v) is 1.52. The molecular weight excluding hydrogens is 190 g/mol. The van der Waals surface area contributed by atoms with E-state index in [0.717, 1.165) is 5.56 Å². The number of hydrogen-bond donors (Lipinski definition) is 0. The minimum absolute atomic E-state index is 0.149. The Hall–Kier alpha value is -1.06. The minimum Gasteiger partial charge on any atom is -0.267 e. The van der Waals surface area contributed by atoms with Crippen LogP contribution >= 0.6 is 11.6 Å². The summed E-state index contributed by atoms with van der Waals surface area (Å²) in [5.74, 6) is -0.149. The molecule has 0 saturated carbocycles. The molecule has 0 aromatic heterocycles. The summed E-state index contributed by atoms with van der Waals surface area (Å²) in [6.45, 7) is 0.358. The van der Waals surface area contributed by atoms with Crippen molar-refractivity contribution in [3.63, 3.8) is 0 Å². The van der Waals surface area contributed by atoms with Gasteiger partial charge in [-0.05, 0) is 12.1 Å². The van der Waals surface area contributed by atoms with Crippen molar-refractivity contribution in [2.24, 2.45) is 0 Å². The third-order valence-electron chi connectivity index (χ3n) is 2.04. The van der Waals surface area contributed by atoms with Gasteiger partial charge in [0.15, 0.2) is 0 Å². The van der Waals surface area contributed by atoms with Crippen molar-refractivity contribution in [1.29, 1.82) is 0 Å². The number of fused-ring (bicyclic) bond motifs is 1. The molecular formula is C9H8ClNO2. The van der Waals surface area contributed by atoms with Crippen LogP contribution < -0.4 is 0 Å². The van der Waals surface area contributed by atoms with Gasteiger partial charge in [0.1, 0.15) is 6.61 Å². The standard InChI is InChI=1S/C9H8ClNO2/c1-11-9(12)6-3-2-4-8(10)7(6)5-13-11/h2-4H,5H2,1H3. The van der Waals surface area contributed by atoms with Crippen molar-refractivity contribution >= 4 is 17.5 Å². The molecule has 4 heteroatoms. The summed E-state index contributed by atoms with van der Waals surface area (Å²) in [7, 11) is 1.59. The smallest absolute Gasteiger partial charge is 0.267 e. The van der Waals surface area contributed by atoms with Crippen LogP contribution in [0.5, 0.6) is 0 Å². The number of benzene rings is 1. The van der Waals surface area contributed by atoms with E-state index < -0.39 is 0 Å². The Balaban J connectivity index is 2.55. The van der Waals surface area contributed by atoms with Crippen LogP contribution in [0.1, 0.15) is 15.9 Å². The molecule has 13 heavy (non-hydrogen) atoms. The maximum atomic E-state index is 11.5. The van der Waals surface area contributed by atoms with Crippen molar-refractivity contribution in [1.82, 2.24) is 5.06 Å². The molecule has 1 aliphatic rings. The number of hydroxylamine groups is 2. The molecule has 0 bridgehead atoms. The zero-order valence-corrected chi connectivity index (χ0v) is 7.84. The summed E-state index contributed by atoms with van der Waals surface area (Å²) in [5, 5.41) is 1.80. The van der Waals surface area contributed by atoms with Crippen LogP contribution in [0.4, 0.5) is 0 Å². The quantitative estimate of drug-likeness (QED) is 0.636. The van der Waals surface area contributed by atoms with Gasteiger partial charge in [-0.15, -0.1) is 0 Å². The molecule has 3 nitrogen and oxygen atoms in total. The fraction of sp³-hybridized carbons (Fsp3) is 0.222. The normalized spacial score (nSPS) is 15.8. The van der Waals surface area contributed by atoms with Crippen LogP contribution in [-0.4, -0.2) is 18.0 Å². The third kappa shape index (κ3) is 1.30. The highest BCUT2D eigenvalue weighted by atomic mass is 35.5. The Morgan fingerprint density at radius 3 is 3.08 bits per heavy atom. The van der Waals surface area contributed by atoms with E-state index in [2.05, 4.69) is 0 Å². The van der Waals surface area contributed by atoms with Crippen LogP contribution in [0.15, 0.2) is 18.2 Å². The maximum Gasteiger partial charge on any atom is 0.277 e. The molecule has 0 unspecified atom stereocenters. The Kier molecular flexibility index (Phi) is 1.98. The van der Waals surface area contributed by atoms with Crippen LogP contribution in [0.3, 0.4) is 0 Å². The van der Waals surface area contributed by atoms with E-state index in [1.807, 2.05) is 0 Å². The van der Waals surface area contributed by atoms with Crippen molar-refractivity contribution in [2.45, 2.75) is 6.61 Å². The van der Waals surface area contributed by atoms with E-state index >= 15 is 0 Å². The number of carbonyl (C=O) groups excluding carboxylic acids is 1. The maximum absolute atomic E-state index is 11.5. The summed E-state index contributed by atoms with van der Waals surface area (Å²) < 4.78 is 0. The van der Waals surface area contributed by atoms with Gasteiger partial charge in [-0.25, -0.2) is 5.06 Å². The first kappa shape index (κ1) is 8.53. The molecule has 1 amide bonds. The molecule has 2 rings (SSSR count). The second-order valence-electron chi connectivity index (χ2n) is 2.84. The first-order valence-corrected chi connectivity index (χ1v) is 4.26. The van der Waals surface area contributed by atoms with Crippen molar-refractivity contribution in [3.8, 4) is 0 Å². The molecule has 0 atom stereocenters. The first-order chi connectivity index (χ1) is 6.20. The Morgan fingerprint density at radius 2 is 2.31 bits per heavy atom. The lowest BCUT2D eigenvalue weighted by Crippen LogP contribution is -2.32. The van der Waals surface area contributed by atoms with Crippen molar-refractivity contribution in [3.05, 3.63) is 34.3 Å². The summed E-state index contributed by atoms with van der Waals surface area (Å²) in [6.07, 6.45) is 0. The van der Waals surface area contributed by atoms with Crippen LogP contribution in [0.25, 0.3) is 0 Å². The van der Waals surface area contributed by atoms with Crippen LogP contribution in [0.2, 0.25) is 5.02 Å². The van der Waals surface area contributed by atoms with E-state index in [4.69, 9.17) is 16.4 Å². The second-order valence-corrected chi connectivity index (χ2v) is 3.25. The van der Waals surface area contributed by atoms with Gasteiger partial charge in [-0.2, -0.15) is 0 Å². The molecule has 0 spiro atoms.